The molecule has 0 amide bonds. The average molecular weight is 361 g/mol. The number of H-pyrrole nitrogens is 1. The molecule has 11 heteroatoms. The second-order valence-electron chi connectivity index (χ2n) is 3.91. The first-order valence-corrected chi connectivity index (χ1v) is 7.36. The highest BCUT2D eigenvalue weighted by atomic mass is 35.5. The van der Waals surface area contributed by atoms with Gasteiger partial charge in [0.1, 0.15) is 5.69 Å². The molecule has 0 saturated heterocycles. The van der Waals surface area contributed by atoms with E-state index in [9.17, 15) is 26.4 Å². The SMILES string of the molecule is O=c1[nH]c2cc(Cl)cc(Cl)c2cc1NS(=O)(=O)C(F)(F)F. The number of nitrogens with one attached hydrogen (secondary N) is 2. The molecule has 2 rings (SSSR count). The van der Waals surface area contributed by atoms with E-state index in [1.165, 1.54) is 16.9 Å². The Morgan fingerprint density at radius 1 is 1.14 bits per heavy atom. The van der Waals surface area contributed by atoms with E-state index >= 15 is 0 Å². The molecule has 0 radical (unpaired) electrons. The summed E-state index contributed by atoms with van der Waals surface area (Å²) in [5.41, 5.74) is -7.25. The minimum absolute atomic E-state index is 0.0428. The van der Waals surface area contributed by atoms with Crippen LogP contribution in [0.5, 0.6) is 0 Å². The molecule has 0 saturated carbocycles. The fraction of sp³-hybridized carbons (Fsp3) is 0.100. The fourth-order valence-electron chi connectivity index (χ4n) is 1.51. The molecular weight excluding hydrogens is 356 g/mol. The van der Waals surface area contributed by atoms with Gasteiger partial charge in [-0.25, -0.2) is 0 Å². The number of sulfonamides is 1. The van der Waals surface area contributed by atoms with Crippen molar-refractivity contribution in [3.05, 3.63) is 38.6 Å². The van der Waals surface area contributed by atoms with Crippen molar-refractivity contribution in [3.8, 4) is 0 Å². The van der Waals surface area contributed by atoms with Crippen molar-refractivity contribution in [1.29, 1.82) is 0 Å². The molecule has 2 aromatic rings. The molecule has 114 valence electrons. The van der Waals surface area contributed by atoms with Crippen molar-refractivity contribution in [2.45, 2.75) is 5.51 Å². The van der Waals surface area contributed by atoms with Gasteiger partial charge in [0, 0.05) is 10.4 Å². The Labute approximate surface area is 125 Å². The molecule has 1 aromatic carbocycles. The Balaban J connectivity index is 2.62. The van der Waals surface area contributed by atoms with Crippen LogP contribution in [0.2, 0.25) is 10.0 Å². The molecule has 0 unspecified atom stereocenters. The number of rotatable bonds is 2. The number of hydrogen-bond donors (Lipinski definition) is 2. The van der Waals surface area contributed by atoms with Gasteiger partial charge in [0.2, 0.25) is 0 Å². The smallest absolute Gasteiger partial charge is 0.320 e. The zero-order chi connectivity index (χ0) is 16.0. The number of aromatic amines is 1. The quantitative estimate of drug-likeness (QED) is 0.863. The van der Waals surface area contributed by atoms with Crippen LogP contribution in [0.3, 0.4) is 0 Å². The van der Waals surface area contributed by atoms with E-state index < -0.39 is 26.8 Å². The molecule has 2 N–H and O–H groups in total. The van der Waals surface area contributed by atoms with Crippen LogP contribution in [0.25, 0.3) is 10.9 Å². The lowest BCUT2D eigenvalue weighted by Crippen LogP contribution is -2.32. The number of alkyl halides is 3. The van der Waals surface area contributed by atoms with Crippen LogP contribution >= 0.6 is 23.2 Å². The highest BCUT2D eigenvalue weighted by molar-refractivity contribution is 7.93. The Morgan fingerprint density at radius 3 is 2.33 bits per heavy atom. The van der Waals surface area contributed by atoms with Gasteiger partial charge in [0.05, 0.1) is 10.5 Å². The predicted octanol–water partition coefficient (Wildman–Crippen LogP) is 3.10. The summed E-state index contributed by atoms with van der Waals surface area (Å²) in [5.74, 6) is 0. The summed E-state index contributed by atoms with van der Waals surface area (Å²) in [5, 5.41) is 0.383. The molecule has 0 aliphatic carbocycles. The minimum atomic E-state index is -5.70. The van der Waals surface area contributed by atoms with Crippen molar-refractivity contribution < 1.29 is 21.6 Å². The van der Waals surface area contributed by atoms with Crippen LogP contribution in [0.15, 0.2) is 23.0 Å². The highest BCUT2D eigenvalue weighted by Gasteiger charge is 2.46. The summed E-state index contributed by atoms with van der Waals surface area (Å²) in [6, 6.07) is 3.52. The van der Waals surface area contributed by atoms with E-state index in [4.69, 9.17) is 23.2 Å². The molecule has 0 aliphatic heterocycles. The van der Waals surface area contributed by atoms with E-state index in [1.807, 2.05) is 0 Å². The topological polar surface area (TPSA) is 79.0 Å². The van der Waals surface area contributed by atoms with Crippen LogP contribution < -0.4 is 10.3 Å². The third-order valence-electron chi connectivity index (χ3n) is 2.42. The van der Waals surface area contributed by atoms with Crippen LogP contribution in [0, 0.1) is 0 Å². The number of halogens is 5. The van der Waals surface area contributed by atoms with Gasteiger partial charge in [0.25, 0.3) is 5.56 Å². The first kappa shape index (κ1) is 15.9. The minimum Gasteiger partial charge on any atom is -0.320 e. The van der Waals surface area contributed by atoms with Gasteiger partial charge in [-0.1, -0.05) is 23.2 Å². The monoisotopic (exact) mass is 360 g/mol. The molecule has 5 nitrogen and oxygen atoms in total. The second kappa shape index (κ2) is 5.08. The predicted molar refractivity (Wildman–Crippen MR) is 73.2 cm³/mol. The largest absolute Gasteiger partial charge is 0.516 e. The van der Waals surface area contributed by atoms with E-state index in [0.717, 1.165) is 6.07 Å². The summed E-state index contributed by atoms with van der Waals surface area (Å²) in [4.78, 5) is 13.8. The number of anilines is 1. The fourth-order valence-corrected chi connectivity index (χ4v) is 2.62. The van der Waals surface area contributed by atoms with Crippen molar-refractivity contribution >= 4 is 49.8 Å². The Kier molecular flexibility index (Phi) is 3.85. The third-order valence-corrected chi connectivity index (χ3v) is 4.05. The molecule has 0 bridgehead atoms. The first-order valence-electron chi connectivity index (χ1n) is 5.12. The van der Waals surface area contributed by atoms with E-state index in [2.05, 4.69) is 4.98 Å². The average Bonchev–Trinajstić information content (AvgIpc) is 2.29. The van der Waals surface area contributed by atoms with E-state index in [0.29, 0.717) is 0 Å². The van der Waals surface area contributed by atoms with Gasteiger partial charge in [-0.2, -0.15) is 21.6 Å². The molecule has 0 atom stereocenters. The normalized spacial score (nSPS) is 12.6. The Bertz CT molecular complexity index is 877. The Morgan fingerprint density at radius 2 is 1.76 bits per heavy atom. The van der Waals surface area contributed by atoms with E-state index in [-0.39, 0.29) is 20.9 Å². The standard InChI is InChI=1S/C10H5Cl2F3N2O3S/c11-4-1-6(12)5-3-8(9(18)16-7(5)2-4)17-21(19,20)10(13,14)15/h1-3,17H,(H,16,18). The van der Waals surface area contributed by atoms with Crippen LogP contribution in [0.4, 0.5) is 18.9 Å². The molecular formula is C10H5Cl2F3N2O3S. The summed E-state index contributed by atoms with van der Waals surface area (Å²) in [6.07, 6.45) is 0. The number of benzene rings is 1. The molecule has 0 spiro atoms. The van der Waals surface area contributed by atoms with Crippen LogP contribution in [-0.2, 0) is 10.0 Å². The van der Waals surface area contributed by atoms with Gasteiger partial charge in [-0.3, -0.25) is 9.52 Å². The molecule has 21 heavy (non-hydrogen) atoms. The van der Waals surface area contributed by atoms with Gasteiger partial charge in [-0.05, 0) is 18.2 Å². The van der Waals surface area contributed by atoms with Gasteiger partial charge < -0.3 is 4.98 Å². The zero-order valence-corrected chi connectivity index (χ0v) is 12.1. The number of pyridine rings is 1. The number of aromatic nitrogens is 1. The maximum Gasteiger partial charge on any atom is 0.516 e. The second-order valence-corrected chi connectivity index (χ2v) is 6.43. The van der Waals surface area contributed by atoms with Crippen LogP contribution in [0.1, 0.15) is 0 Å². The summed E-state index contributed by atoms with van der Waals surface area (Å²) < 4.78 is 60.1. The lowest BCUT2D eigenvalue weighted by Gasteiger charge is -2.11. The molecule has 0 fully saturated rings. The van der Waals surface area contributed by atoms with Gasteiger partial charge >= 0.3 is 15.5 Å². The Hall–Kier alpha value is -1.45. The van der Waals surface area contributed by atoms with Gasteiger partial charge in [-0.15, -0.1) is 0 Å². The maximum absolute atomic E-state index is 12.3. The van der Waals surface area contributed by atoms with Crippen molar-refractivity contribution in [2.24, 2.45) is 0 Å². The zero-order valence-electron chi connectivity index (χ0n) is 9.75. The van der Waals surface area contributed by atoms with Gasteiger partial charge in [0.15, 0.2) is 0 Å². The van der Waals surface area contributed by atoms with Crippen molar-refractivity contribution in [1.82, 2.24) is 4.98 Å². The van der Waals surface area contributed by atoms with Crippen molar-refractivity contribution in [2.75, 3.05) is 4.72 Å². The maximum atomic E-state index is 12.3. The lowest BCUT2D eigenvalue weighted by atomic mass is 10.2. The summed E-state index contributed by atoms with van der Waals surface area (Å²) >= 11 is 11.6. The summed E-state index contributed by atoms with van der Waals surface area (Å²) in [7, 11) is -5.70. The summed E-state index contributed by atoms with van der Waals surface area (Å²) in [6.45, 7) is 0. The lowest BCUT2D eigenvalue weighted by molar-refractivity contribution is -0.0429. The first-order chi connectivity index (χ1) is 9.51. The molecule has 1 heterocycles. The third kappa shape index (κ3) is 3.09. The number of fused-ring (bicyclic) bond motifs is 1. The molecule has 0 aliphatic rings. The molecule has 1 aromatic heterocycles. The number of hydrogen-bond acceptors (Lipinski definition) is 3. The van der Waals surface area contributed by atoms with E-state index in [1.54, 1.807) is 0 Å². The highest BCUT2D eigenvalue weighted by Crippen LogP contribution is 2.29. The van der Waals surface area contributed by atoms with Crippen molar-refractivity contribution in [3.63, 3.8) is 0 Å². The van der Waals surface area contributed by atoms with Crippen LogP contribution in [-0.4, -0.2) is 18.9 Å².